The van der Waals surface area contributed by atoms with Gasteiger partial charge in [-0.25, -0.2) is 0 Å². The molecule has 2 heterocycles. The summed E-state index contributed by atoms with van der Waals surface area (Å²) in [6.07, 6.45) is 3.73. The van der Waals surface area contributed by atoms with Crippen LogP contribution in [0.5, 0.6) is 11.5 Å². The number of fused-ring (bicyclic) bond motifs is 5. The summed E-state index contributed by atoms with van der Waals surface area (Å²) in [5.41, 5.74) is 6.32. The van der Waals surface area contributed by atoms with Gasteiger partial charge in [0, 0.05) is 55.9 Å². The Morgan fingerprint density at radius 1 is 1.06 bits per heavy atom. The summed E-state index contributed by atoms with van der Waals surface area (Å²) in [6.45, 7) is 6.24. The molecule has 0 spiro atoms. The third kappa shape index (κ3) is 3.90. The molecule has 2 aromatic carbocycles. The van der Waals surface area contributed by atoms with E-state index in [1.807, 2.05) is 36.5 Å². The third-order valence-corrected chi connectivity index (χ3v) is 6.63. The summed E-state index contributed by atoms with van der Waals surface area (Å²) in [5.74, 6) is 1.48. The SMILES string of the molecule is COc1cc2c3c(cnc2cc1OCCCN1CCN(C)CC1)-c1ccc(C#N)cc1C3. The average Bonchev–Trinajstić information content (AvgIpc) is 3.20. The van der Waals surface area contributed by atoms with Gasteiger partial charge in [-0.1, -0.05) is 6.07 Å². The minimum absolute atomic E-state index is 0.654. The molecule has 2 aliphatic rings. The van der Waals surface area contributed by atoms with Gasteiger partial charge in [0.05, 0.1) is 30.9 Å². The van der Waals surface area contributed by atoms with Gasteiger partial charge < -0.3 is 19.3 Å². The molecule has 0 atom stereocenters. The minimum Gasteiger partial charge on any atom is -0.493 e. The van der Waals surface area contributed by atoms with Crippen molar-refractivity contribution in [1.82, 2.24) is 14.8 Å². The second-order valence-electron chi connectivity index (χ2n) is 8.68. The Bertz CT molecular complexity index is 1190. The van der Waals surface area contributed by atoms with Crippen LogP contribution >= 0.6 is 0 Å². The summed E-state index contributed by atoms with van der Waals surface area (Å²) < 4.78 is 11.8. The highest BCUT2D eigenvalue weighted by Crippen LogP contribution is 2.42. The lowest BCUT2D eigenvalue weighted by Gasteiger charge is -2.32. The second kappa shape index (κ2) is 8.78. The maximum Gasteiger partial charge on any atom is 0.163 e. The molecule has 1 aliphatic heterocycles. The molecule has 1 fully saturated rings. The van der Waals surface area contributed by atoms with E-state index >= 15 is 0 Å². The van der Waals surface area contributed by atoms with Crippen molar-refractivity contribution >= 4 is 10.9 Å². The van der Waals surface area contributed by atoms with E-state index in [9.17, 15) is 5.26 Å². The molecule has 164 valence electrons. The fraction of sp³-hybridized carbons (Fsp3) is 0.385. The second-order valence-corrected chi connectivity index (χ2v) is 8.68. The molecule has 5 rings (SSSR count). The zero-order chi connectivity index (χ0) is 22.1. The maximum absolute atomic E-state index is 9.23. The molecule has 1 aromatic heterocycles. The zero-order valence-corrected chi connectivity index (χ0v) is 18.7. The van der Waals surface area contributed by atoms with Gasteiger partial charge in [0.1, 0.15) is 0 Å². The summed E-state index contributed by atoms with van der Waals surface area (Å²) in [4.78, 5) is 9.60. The number of likely N-dealkylation sites (N-methyl/N-ethyl adjacent to an activating group) is 1. The van der Waals surface area contributed by atoms with Crippen LogP contribution in [0.15, 0.2) is 36.5 Å². The molecule has 32 heavy (non-hydrogen) atoms. The fourth-order valence-corrected chi connectivity index (χ4v) is 4.75. The van der Waals surface area contributed by atoms with Crippen LogP contribution in [0.3, 0.4) is 0 Å². The topological polar surface area (TPSA) is 61.6 Å². The summed E-state index contributed by atoms with van der Waals surface area (Å²) in [5, 5.41) is 10.3. The van der Waals surface area contributed by atoms with Gasteiger partial charge in [0.2, 0.25) is 0 Å². The first-order valence-corrected chi connectivity index (χ1v) is 11.2. The molecular weight excluding hydrogens is 400 g/mol. The van der Waals surface area contributed by atoms with E-state index in [1.165, 1.54) is 11.1 Å². The normalized spacial score (nSPS) is 15.9. The quantitative estimate of drug-likeness (QED) is 0.437. The molecule has 0 N–H and O–H groups in total. The number of hydrogen-bond acceptors (Lipinski definition) is 6. The van der Waals surface area contributed by atoms with Crippen LogP contribution in [0, 0.1) is 11.3 Å². The van der Waals surface area contributed by atoms with Gasteiger partial charge in [-0.2, -0.15) is 5.26 Å². The summed E-state index contributed by atoms with van der Waals surface area (Å²) >= 11 is 0. The number of methoxy groups -OCH3 is 1. The number of aromatic nitrogens is 1. The van der Waals surface area contributed by atoms with Gasteiger partial charge in [0.15, 0.2) is 11.5 Å². The van der Waals surface area contributed by atoms with Gasteiger partial charge in [-0.15, -0.1) is 0 Å². The lowest BCUT2D eigenvalue weighted by Crippen LogP contribution is -2.44. The van der Waals surface area contributed by atoms with E-state index < -0.39 is 0 Å². The Morgan fingerprint density at radius 3 is 2.69 bits per heavy atom. The van der Waals surface area contributed by atoms with Crippen LogP contribution in [0.25, 0.3) is 22.0 Å². The van der Waals surface area contributed by atoms with Crippen molar-refractivity contribution in [3.8, 4) is 28.7 Å². The van der Waals surface area contributed by atoms with Gasteiger partial charge >= 0.3 is 0 Å². The van der Waals surface area contributed by atoms with Crippen LogP contribution in [0.2, 0.25) is 0 Å². The molecule has 1 aliphatic carbocycles. The van der Waals surface area contributed by atoms with Crippen molar-refractivity contribution in [2.75, 3.05) is 53.5 Å². The first kappa shape index (κ1) is 20.7. The molecular formula is C26H28N4O2. The molecule has 0 radical (unpaired) electrons. The maximum atomic E-state index is 9.23. The Morgan fingerprint density at radius 2 is 1.91 bits per heavy atom. The molecule has 0 unspecified atom stereocenters. The van der Waals surface area contributed by atoms with Crippen molar-refractivity contribution in [1.29, 1.82) is 5.26 Å². The number of pyridine rings is 1. The van der Waals surface area contributed by atoms with E-state index in [-0.39, 0.29) is 0 Å². The van der Waals surface area contributed by atoms with E-state index in [1.54, 1.807) is 7.11 Å². The highest BCUT2D eigenvalue weighted by atomic mass is 16.5. The first-order chi connectivity index (χ1) is 15.7. The molecule has 6 heteroatoms. The van der Waals surface area contributed by atoms with Gasteiger partial charge in [0.25, 0.3) is 0 Å². The van der Waals surface area contributed by atoms with Crippen LogP contribution in [-0.2, 0) is 6.42 Å². The smallest absolute Gasteiger partial charge is 0.163 e. The van der Waals surface area contributed by atoms with E-state index in [4.69, 9.17) is 14.5 Å². The Hall–Kier alpha value is -3.14. The number of hydrogen-bond donors (Lipinski definition) is 0. The van der Waals surface area contributed by atoms with Crippen molar-refractivity contribution < 1.29 is 9.47 Å². The van der Waals surface area contributed by atoms with E-state index in [2.05, 4.69) is 22.9 Å². The molecule has 1 saturated heterocycles. The highest BCUT2D eigenvalue weighted by Gasteiger charge is 2.23. The molecule has 3 aromatic rings. The summed E-state index contributed by atoms with van der Waals surface area (Å²) in [7, 11) is 3.86. The fourth-order valence-electron chi connectivity index (χ4n) is 4.75. The third-order valence-electron chi connectivity index (χ3n) is 6.63. The van der Waals surface area contributed by atoms with Gasteiger partial charge in [-0.05, 0) is 54.8 Å². The predicted octanol–water partition coefficient (Wildman–Crippen LogP) is 3.70. The number of benzene rings is 2. The molecule has 0 saturated carbocycles. The first-order valence-electron chi connectivity index (χ1n) is 11.2. The molecule has 0 bridgehead atoms. The van der Waals surface area contributed by atoms with Crippen molar-refractivity contribution in [3.05, 3.63) is 53.2 Å². The number of ether oxygens (including phenoxy) is 2. The number of nitriles is 1. The predicted molar refractivity (Wildman–Crippen MR) is 125 cm³/mol. The van der Waals surface area contributed by atoms with Crippen LogP contribution in [0.4, 0.5) is 0 Å². The largest absolute Gasteiger partial charge is 0.493 e. The summed E-state index contributed by atoms with van der Waals surface area (Å²) in [6, 6.07) is 12.2. The lowest BCUT2D eigenvalue weighted by atomic mass is 10.0. The minimum atomic E-state index is 0.654. The monoisotopic (exact) mass is 428 g/mol. The Balaban J connectivity index is 1.33. The Kier molecular flexibility index (Phi) is 5.69. The van der Waals surface area contributed by atoms with Crippen LogP contribution in [0.1, 0.15) is 23.1 Å². The number of piperazine rings is 1. The highest BCUT2D eigenvalue weighted by molar-refractivity contribution is 5.94. The number of rotatable bonds is 6. The average molecular weight is 429 g/mol. The zero-order valence-electron chi connectivity index (χ0n) is 18.7. The standard InChI is InChI=1S/C26H28N4O2/c1-29-7-9-30(10-8-29)6-3-11-32-26-15-24-22(14-25(26)31-2)21-13-19-12-18(16-27)4-5-20(19)23(21)17-28-24/h4-5,12,14-15,17H,3,6-11,13H2,1-2H3. The van der Waals surface area contributed by atoms with Crippen LogP contribution in [-0.4, -0.2) is 68.3 Å². The lowest BCUT2D eigenvalue weighted by molar-refractivity contribution is 0.145. The van der Waals surface area contributed by atoms with E-state index in [0.717, 1.165) is 79.1 Å². The van der Waals surface area contributed by atoms with Gasteiger partial charge in [-0.3, -0.25) is 4.98 Å². The molecule has 0 amide bonds. The van der Waals surface area contributed by atoms with E-state index in [0.29, 0.717) is 12.2 Å². The van der Waals surface area contributed by atoms with Crippen molar-refractivity contribution in [3.63, 3.8) is 0 Å². The van der Waals surface area contributed by atoms with Crippen molar-refractivity contribution in [2.45, 2.75) is 12.8 Å². The van der Waals surface area contributed by atoms with Crippen molar-refractivity contribution in [2.24, 2.45) is 0 Å². The number of nitrogens with zero attached hydrogens (tertiary/aromatic N) is 4. The van der Waals surface area contributed by atoms with Crippen LogP contribution < -0.4 is 9.47 Å². The Labute approximate surface area is 189 Å². The molecule has 6 nitrogen and oxygen atoms in total.